The van der Waals surface area contributed by atoms with E-state index in [9.17, 15) is 12.8 Å². The standard InChI is InChI=1S/C20H13FN4O2S/c21-14-10-12-15(13-11-14)22-19-20(24-18-9-5-4-8-17(18)23-19)25-28(26,27)16-6-2-1-3-7-16/h1-13H/b22-19?,25-20-. The Bertz CT molecular complexity index is 1320. The molecule has 0 saturated carbocycles. The molecule has 0 aliphatic carbocycles. The molecule has 1 aliphatic rings. The Kier molecular flexibility index (Phi) is 4.62. The van der Waals surface area contributed by atoms with Crippen LogP contribution in [0.5, 0.6) is 0 Å². The molecule has 0 N–H and O–H groups in total. The van der Waals surface area contributed by atoms with E-state index in [4.69, 9.17) is 0 Å². The van der Waals surface area contributed by atoms with Crippen molar-refractivity contribution in [2.45, 2.75) is 4.90 Å². The minimum absolute atomic E-state index is 0.0322. The number of hydrogen-bond acceptors (Lipinski definition) is 3. The van der Waals surface area contributed by atoms with Gasteiger partial charge < -0.3 is 0 Å². The van der Waals surface area contributed by atoms with Crippen molar-refractivity contribution in [1.29, 1.82) is 0 Å². The van der Waals surface area contributed by atoms with Crippen molar-refractivity contribution in [3.8, 4) is 0 Å². The smallest absolute Gasteiger partial charge is 0.226 e. The minimum Gasteiger partial charge on any atom is -0.226 e. The SMILES string of the molecule is O=S(=O)(/N=C1\N=c2ccccc2=NC1=Nc1ccc(F)cc1)c1ccccc1. The zero-order valence-corrected chi connectivity index (χ0v) is 15.2. The average Bonchev–Trinajstić information content (AvgIpc) is 2.70. The van der Waals surface area contributed by atoms with Crippen molar-refractivity contribution >= 4 is 27.4 Å². The second-order valence-corrected chi connectivity index (χ2v) is 7.43. The van der Waals surface area contributed by atoms with E-state index in [1.807, 2.05) is 0 Å². The molecule has 1 heterocycles. The third kappa shape index (κ3) is 3.77. The first-order chi connectivity index (χ1) is 13.5. The Hall–Kier alpha value is -3.52. The van der Waals surface area contributed by atoms with Gasteiger partial charge in [-0.3, -0.25) is 0 Å². The molecular formula is C20H13FN4O2S. The van der Waals surface area contributed by atoms with Crippen LogP contribution in [0.1, 0.15) is 0 Å². The van der Waals surface area contributed by atoms with Crippen LogP contribution in [0.25, 0.3) is 0 Å². The first-order valence-electron chi connectivity index (χ1n) is 8.28. The number of rotatable bonds is 3. The van der Waals surface area contributed by atoms with E-state index in [0.717, 1.165) is 0 Å². The fourth-order valence-corrected chi connectivity index (χ4v) is 3.47. The second kappa shape index (κ2) is 7.24. The Labute approximate surface area is 160 Å². The Morgan fingerprint density at radius 1 is 0.714 bits per heavy atom. The molecule has 0 radical (unpaired) electrons. The number of benzene rings is 3. The average molecular weight is 392 g/mol. The highest BCUT2D eigenvalue weighted by Gasteiger charge is 2.19. The molecule has 0 fully saturated rings. The molecule has 3 aromatic carbocycles. The van der Waals surface area contributed by atoms with Gasteiger partial charge in [0.25, 0.3) is 10.0 Å². The number of aliphatic imine (C=N–C) groups is 1. The van der Waals surface area contributed by atoms with Crippen molar-refractivity contribution in [2.24, 2.45) is 19.4 Å². The highest BCUT2D eigenvalue weighted by Crippen LogP contribution is 2.16. The summed E-state index contributed by atoms with van der Waals surface area (Å²) in [5.41, 5.74) is 0.402. The van der Waals surface area contributed by atoms with E-state index < -0.39 is 15.8 Å². The lowest BCUT2D eigenvalue weighted by atomic mass is 10.3. The van der Waals surface area contributed by atoms with Crippen LogP contribution in [0.15, 0.2) is 103 Å². The molecule has 8 heteroatoms. The number of sulfonamides is 1. The maximum Gasteiger partial charge on any atom is 0.284 e. The zero-order valence-electron chi connectivity index (χ0n) is 14.4. The molecule has 138 valence electrons. The molecule has 0 unspecified atom stereocenters. The number of para-hydroxylation sites is 2. The number of hydrogen-bond donors (Lipinski definition) is 0. The highest BCUT2D eigenvalue weighted by atomic mass is 32.2. The van der Waals surface area contributed by atoms with Crippen molar-refractivity contribution in [1.82, 2.24) is 0 Å². The third-order valence-electron chi connectivity index (χ3n) is 3.84. The summed E-state index contributed by atoms with van der Waals surface area (Å²) in [6.07, 6.45) is 0. The van der Waals surface area contributed by atoms with E-state index in [2.05, 4.69) is 19.4 Å². The van der Waals surface area contributed by atoms with E-state index in [1.165, 1.54) is 36.4 Å². The van der Waals surface area contributed by atoms with Crippen LogP contribution in [0.4, 0.5) is 10.1 Å². The summed E-state index contributed by atoms with van der Waals surface area (Å²) in [6.45, 7) is 0. The summed E-state index contributed by atoms with van der Waals surface area (Å²) in [5, 5.41) is 1.03. The molecule has 0 amide bonds. The predicted molar refractivity (Wildman–Crippen MR) is 103 cm³/mol. The molecular weight excluding hydrogens is 379 g/mol. The predicted octanol–water partition coefficient (Wildman–Crippen LogP) is 2.60. The van der Waals surface area contributed by atoms with Crippen LogP contribution >= 0.6 is 0 Å². The summed E-state index contributed by atoms with van der Waals surface area (Å²) < 4.78 is 42.3. The largest absolute Gasteiger partial charge is 0.284 e. The van der Waals surface area contributed by atoms with Crippen LogP contribution in [-0.4, -0.2) is 20.1 Å². The van der Waals surface area contributed by atoms with Crippen molar-refractivity contribution in [3.05, 3.63) is 95.4 Å². The fourth-order valence-electron chi connectivity index (χ4n) is 2.51. The minimum atomic E-state index is -4.00. The van der Waals surface area contributed by atoms with Gasteiger partial charge in [-0.05, 0) is 48.5 Å². The Balaban J connectivity index is 1.89. The number of halogens is 1. The molecule has 0 bridgehead atoms. The molecule has 6 nitrogen and oxygen atoms in total. The van der Waals surface area contributed by atoms with Gasteiger partial charge in [-0.25, -0.2) is 19.4 Å². The normalized spacial score (nSPS) is 16.3. The molecule has 1 aliphatic heterocycles. The monoisotopic (exact) mass is 392 g/mol. The first kappa shape index (κ1) is 17.9. The number of fused-ring (bicyclic) bond motifs is 1. The number of nitrogens with zero attached hydrogens (tertiary/aromatic N) is 4. The molecule has 0 aromatic heterocycles. The van der Waals surface area contributed by atoms with Crippen molar-refractivity contribution in [3.63, 3.8) is 0 Å². The Morgan fingerprint density at radius 2 is 1.29 bits per heavy atom. The van der Waals surface area contributed by atoms with Crippen LogP contribution < -0.4 is 10.7 Å². The van der Waals surface area contributed by atoms with Crippen LogP contribution in [0.3, 0.4) is 0 Å². The van der Waals surface area contributed by atoms with E-state index in [1.54, 1.807) is 42.5 Å². The summed E-state index contributed by atoms with van der Waals surface area (Å²) >= 11 is 0. The molecule has 0 spiro atoms. The molecule has 0 saturated heterocycles. The lowest BCUT2D eigenvalue weighted by Gasteiger charge is -2.07. The van der Waals surface area contributed by atoms with Gasteiger partial charge in [0, 0.05) is 0 Å². The molecule has 4 rings (SSSR count). The van der Waals surface area contributed by atoms with Gasteiger partial charge >= 0.3 is 0 Å². The van der Waals surface area contributed by atoms with Crippen LogP contribution in [-0.2, 0) is 10.0 Å². The zero-order chi connectivity index (χ0) is 19.6. The lowest BCUT2D eigenvalue weighted by Crippen LogP contribution is -2.34. The Morgan fingerprint density at radius 3 is 1.93 bits per heavy atom. The van der Waals surface area contributed by atoms with Crippen LogP contribution in [0, 0.1) is 5.82 Å². The summed E-state index contributed by atoms with van der Waals surface area (Å²) in [4.78, 5) is 13.1. The van der Waals surface area contributed by atoms with Gasteiger partial charge in [-0.15, -0.1) is 4.40 Å². The topological polar surface area (TPSA) is 83.6 Å². The van der Waals surface area contributed by atoms with E-state index in [-0.39, 0.29) is 16.6 Å². The number of amidine groups is 2. The van der Waals surface area contributed by atoms with Crippen LogP contribution in [0.2, 0.25) is 0 Å². The summed E-state index contributed by atoms with van der Waals surface area (Å²) in [6, 6.07) is 20.3. The maximum atomic E-state index is 13.2. The molecule has 3 aromatic rings. The van der Waals surface area contributed by atoms with Crippen molar-refractivity contribution in [2.75, 3.05) is 0 Å². The van der Waals surface area contributed by atoms with Gasteiger partial charge in [0.05, 0.1) is 21.3 Å². The maximum absolute atomic E-state index is 13.2. The lowest BCUT2D eigenvalue weighted by molar-refractivity contribution is 0.598. The third-order valence-corrected chi connectivity index (χ3v) is 5.12. The van der Waals surface area contributed by atoms with Gasteiger partial charge in [0.15, 0.2) is 5.84 Å². The first-order valence-corrected chi connectivity index (χ1v) is 9.72. The highest BCUT2D eigenvalue weighted by molar-refractivity contribution is 7.90. The van der Waals surface area contributed by atoms with Gasteiger partial charge in [0.1, 0.15) is 5.82 Å². The van der Waals surface area contributed by atoms with E-state index >= 15 is 0 Å². The molecule has 0 atom stereocenters. The summed E-state index contributed by atoms with van der Waals surface area (Å²) in [5.74, 6) is -0.503. The second-order valence-electron chi connectivity index (χ2n) is 5.83. The summed E-state index contributed by atoms with van der Waals surface area (Å²) in [7, 11) is -4.00. The fraction of sp³-hybridized carbons (Fsp3) is 0. The van der Waals surface area contributed by atoms with Gasteiger partial charge in [-0.2, -0.15) is 8.42 Å². The quantitative estimate of drug-likeness (QED) is 0.686. The van der Waals surface area contributed by atoms with Crippen molar-refractivity contribution < 1.29 is 12.8 Å². The van der Waals surface area contributed by atoms with E-state index in [0.29, 0.717) is 16.4 Å². The molecule has 28 heavy (non-hydrogen) atoms. The van der Waals surface area contributed by atoms with Gasteiger partial charge in [-0.1, -0.05) is 30.3 Å². The van der Waals surface area contributed by atoms with Gasteiger partial charge in [0.2, 0.25) is 5.84 Å².